The van der Waals surface area contributed by atoms with Crippen molar-refractivity contribution in [2.45, 2.75) is 13.0 Å². The number of hydrogen-bond acceptors (Lipinski definition) is 4. The predicted octanol–water partition coefficient (Wildman–Crippen LogP) is 0.370. The van der Waals surface area contributed by atoms with Crippen molar-refractivity contribution in [1.29, 1.82) is 0 Å². The molecule has 3 N–H and O–H groups in total. The summed E-state index contributed by atoms with van der Waals surface area (Å²) in [4.78, 5) is 24.6. The lowest BCUT2D eigenvalue weighted by Gasteiger charge is -2.16. The van der Waals surface area contributed by atoms with Gasteiger partial charge in [0, 0.05) is 32.4 Å². The van der Waals surface area contributed by atoms with E-state index in [9.17, 15) is 9.59 Å². The molecule has 0 aromatic heterocycles. The minimum absolute atomic E-state index is 0.0117. The highest BCUT2D eigenvalue weighted by atomic mass is 16.5. The Balaban J connectivity index is 2.33. The lowest BCUT2D eigenvalue weighted by Crippen LogP contribution is -2.35. The van der Waals surface area contributed by atoms with Gasteiger partial charge in [-0.25, -0.2) is 0 Å². The van der Waals surface area contributed by atoms with Crippen LogP contribution in [0.5, 0.6) is 0 Å². The highest BCUT2D eigenvalue weighted by molar-refractivity contribution is 5.92. The number of rotatable bonds is 9. The number of ether oxygens (including phenoxy) is 1. The summed E-state index contributed by atoms with van der Waals surface area (Å²) in [6.07, 6.45) is 0.806. The van der Waals surface area contributed by atoms with Crippen LogP contribution in [0.25, 0.3) is 0 Å². The van der Waals surface area contributed by atoms with Gasteiger partial charge in [-0.05, 0) is 31.2 Å². The molecule has 0 aliphatic carbocycles. The highest BCUT2D eigenvalue weighted by Crippen LogP contribution is 2.06. The number of amides is 2. The van der Waals surface area contributed by atoms with Crippen LogP contribution in [0.2, 0.25) is 0 Å². The van der Waals surface area contributed by atoms with E-state index in [4.69, 9.17) is 10.5 Å². The number of carbonyl (C=O) groups excluding carboxylic acids is 2. The molecule has 116 valence electrons. The fraction of sp³-hybridized carbons (Fsp3) is 0.467. The SMILES string of the molecule is COCCCNC(=O)CN(C)Cc1ccc(C(N)=O)cc1. The molecule has 2 amide bonds. The van der Waals surface area contributed by atoms with Crippen molar-refractivity contribution in [2.24, 2.45) is 5.73 Å². The summed E-state index contributed by atoms with van der Waals surface area (Å²) < 4.78 is 4.92. The molecule has 0 heterocycles. The van der Waals surface area contributed by atoms with Crippen molar-refractivity contribution in [1.82, 2.24) is 10.2 Å². The molecule has 21 heavy (non-hydrogen) atoms. The van der Waals surface area contributed by atoms with Gasteiger partial charge < -0.3 is 15.8 Å². The predicted molar refractivity (Wildman–Crippen MR) is 80.8 cm³/mol. The second kappa shape index (κ2) is 9.10. The van der Waals surface area contributed by atoms with Crippen LogP contribution in [0.15, 0.2) is 24.3 Å². The summed E-state index contributed by atoms with van der Waals surface area (Å²) in [6, 6.07) is 7.06. The van der Waals surface area contributed by atoms with Crippen LogP contribution in [0.1, 0.15) is 22.3 Å². The first-order valence-corrected chi connectivity index (χ1v) is 6.86. The molecule has 6 heteroatoms. The fourth-order valence-corrected chi connectivity index (χ4v) is 1.89. The van der Waals surface area contributed by atoms with Crippen molar-refractivity contribution < 1.29 is 14.3 Å². The number of methoxy groups -OCH3 is 1. The molecule has 1 rings (SSSR count). The van der Waals surface area contributed by atoms with Crippen molar-refractivity contribution in [2.75, 3.05) is 33.9 Å². The van der Waals surface area contributed by atoms with E-state index in [0.29, 0.717) is 31.8 Å². The quantitative estimate of drug-likeness (QED) is 0.644. The Labute approximate surface area is 125 Å². The smallest absolute Gasteiger partial charge is 0.248 e. The van der Waals surface area contributed by atoms with Crippen LogP contribution >= 0.6 is 0 Å². The van der Waals surface area contributed by atoms with Gasteiger partial charge in [0.15, 0.2) is 0 Å². The topological polar surface area (TPSA) is 84.7 Å². The molecule has 0 spiro atoms. The van der Waals surface area contributed by atoms with Crippen LogP contribution in [0.3, 0.4) is 0 Å². The summed E-state index contributed by atoms with van der Waals surface area (Å²) >= 11 is 0. The first-order valence-electron chi connectivity index (χ1n) is 6.86. The van der Waals surface area contributed by atoms with Crippen LogP contribution in [-0.4, -0.2) is 50.6 Å². The zero-order chi connectivity index (χ0) is 15.7. The first-order chi connectivity index (χ1) is 10.0. The van der Waals surface area contributed by atoms with Crippen molar-refractivity contribution in [3.8, 4) is 0 Å². The standard InChI is InChI=1S/C15H23N3O3/c1-18(11-14(19)17-8-3-9-21-2)10-12-4-6-13(7-5-12)15(16)20/h4-7H,3,8-11H2,1-2H3,(H2,16,20)(H,17,19). The van der Waals surface area contributed by atoms with E-state index in [1.165, 1.54) is 0 Å². The molecule has 6 nitrogen and oxygen atoms in total. The minimum atomic E-state index is -0.439. The van der Waals surface area contributed by atoms with Crippen LogP contribution in [0, 0.1) is 0 Å². The van der Waals surface area contributed by atoms with E-state index < -0.39 is 5.91 Å². The molecular weight excluding hydrogens is 270 g/mol. The number of nitrogens with one attached hydrogen (secondary N) is 1. The summed E-state index contributed by atoms with van der Waals surface area (Å²) in [5.74, 6) is -0.451. The third-order valence-electron chi connectivity index (χ3n) is 2.95. The maximum atomic E-state index is 11.7. The van der Waals surface area contributed by atoms with Crippen molar-refractivity contribution in [3.05, 3.63) is 35.4 Å². The van der Waals surface area contributed by atoms with Crippen molar-refractivity contribution >= 4 is 11.8 Å². The molecule has 0 radical (unpaired) electrons. The third kappa shape index (κ3) is 6.87. The number of nitrogens with two attached hydrogens (primary N) is 1. The molecule has 0 aliphatic heterocycles. The Bertz CT molecular complexity index is 460. The van der Waals surface area contributed by atoms with Gasteiger partial charge in [-0.3, -0.25) is 14.5 Å². The second-order valence-corrected chi connectivity index (χ2v) is 4.93. The molecule has 1 aromatic carbocycles. The summed E-state index contributed by atoms with van der Waals surface area (Å²) in [5.41, 5.74) is 6.69. The Morgan fingerprint density at radius 2 is 1.95 bits per heavy atom. The Hall–Kier alpha value is -1.92. The third-order valence-corrected chi connectivity index (χ3v) is 2.95. The average Bonchev–Trinajstić information content (AvgIpc) is 2.44. The number of hydrogen-bond donors (Lipinski definition) is 2. The zero-order valence-electron chi connectivity index (χ0n) is 12.6. The maximum Gasteiger partial charge on any atom is 0.248 e. The maximum absolute atomic E-state index is 11.7. The second-order valence-electron chi connectivity index (χ2n) is 4.93. The van der Waals surface area contributed by atoms with E-state index in [0.717, 1.165) is 12.0 Å². The van der Waals surface area contributed by atoms with Gasteiger partial charge in [0.1, 0.15) is 0 Å². The van der Waals surface area contributed by atoms with Gasteiger partial charge in [0.05, 0.1) is 6.54 Å². The molecule has 0 fully saturated rings. The minimum Gasteiger partial charge on any atom is -0.385 e. The van der Waals surface area contributed by atoms with Crippen LogP contribution in [-0.2, 0) is 16.1 Å². The number of likely N-dealkylation sites (N-methyl/N-ethyl adjacent to an activating group) is 1. The zero-order valence-corrected chi connectivity index (χ0v) is 12.6. The number of primary amides is 1. The largest absolute Gasteiger partial charge is 0.385 e. The lowest BCUT2D eigenvalue weighted by molar-refractivity contribution is -0.122. The summed E-state index contributed by atoms with van der Waals surface area (Å²) in [5, 5.41) is 2.84. The fourth-order valence-electron chi connectivity index (χ4n) is 1.89. The van der Waals surface area contributed by atoms with E-state index in [-0.39, 0.29) is 5.91 Å². The van der Waals surface area contributed by atoms with Gasteiger partial charge in [-0.15, -0.1) is 0 Å². The number of carbonyl (C=O) groups is 2. The van der Waals surface area contributed by atoms with Crippen LogP contribution in [0.4, 0.5) is 0 Å². The molecule has 1 aromatic rings. The molecule has 0 atom stereocenters. The monoisotopic (exact) mass is 293 g/mol. The molecule has 0 saturated heterocycles. The lowest BCUT2D eigenvalue weighted by atomic mass is 10.1. The Morgan fingerprint density at radius 1 is 1.29 bits per heavy atom. The molecule has 0 unspecified atom stereocenters. The van der Waals surface area contributed by atoms with Gasteiger partial charge in [-0.1, -0.05) is 12.1 Å². The van der Waals surface area contributed by atoms with Gasteiger partial charge in [-0.2, -0.15) is 0 Å². The van der Waals surface area contributed by atoms with Crippen molar-refractivity contribution in [3.63, 3.8) is 0 Å². The normalized spacial score (nSPS) is 10.6. The molecule has 0 bridgehead atoms. The summed E-state index contributed by atoms with van der Waals surface area (Å²) in [7, 11) is 3.51. The Kier molecular flexibility index (Phi) is 7.42. The summed E-state index contributed by atoms with van der Waals surface area (Å²) in [6.45, 7) is 2.21. The van der Waals surface area contributed by atoms with E-state index in [2.05, 4.69) is 5.32 Å². The first kappa shape index (κ1) is 17.1. The van der Waals surface area contributed by atoms with E-state index in [1.54, 1.807) is 19.2 Å². The highest BCUT2D eigenvalue weighted by Gasteiger charge is 2.07. The Morgan fingerprint density at radius 3 is 2.52 bits per heavy atom. The number of benzene rings is 1. The van der Waals surface area contributed by atoms with Gasteiger partial charge >= 0.3 is 0 Å². The molecule has 0 saturated carbocycles. The molecule has 0 aliphatic rings. The van der Waals surface area contributed by atoms with Gasteiger partial charge in [0.25, 0.3) is 0 Å². The van der Waals surface area contributed by atoms with Gasteiger partial charge in [0.2, 0.25) is 11.8 Å². The van der Waals surface area contributed by atoms with E-state index in [1.807, 2.05) is 24.1 Å². The number of nitrogens with zero attached hydrogens (tertiary/aromatic N) is 1. The van der Waals surface area contributed by atoms with Crippen LogP contribution < -0.4 is 11.1 Å². The average molecular weight is 293 g/mol. The molecular formula is C15H23N3O3. The van der Waals surface area contributed by atoms with E-state index >= 15 is 0 Å².